The standard InChI is InChI=1S/C15H17N3S/c1-2-19-11-8-6-10(7-9-11)15-17-13-5-3-4-12(13)14(16)18-15/h6-9H,2-5H2,1H3,(H2,16,17,18). The molecule has 98 valence electrons. The molecule has 1 aromatic carbocycles. The van der Waals surface area contributed by atoms with Crippen LogP contribution in [0.5, 0.6) is 0 Å². The molecular weight excluding hydrogens is 254 g/mol. The number of hydrogen-bond acceptors (Lipinski definition) is 4. The highest BCUT2D eigenvalue weighted by Gasteiger charge is 2.18. The average molecular weight is 271 g/mol. The number of fused-ring (bicyclic) bond motifs is 1. The van der Waals surface area contributed by atoms with E-state index in [1.165, 1.54) is 4.90 Å². The molecule has 4 heteroatoms. The van der Waals surface area contributed by atoms with Gasteiger partial charge in [-0.2, -0.15) is 0 Å². The fraction of sp³-hybridized carbons (Fsp3) is 0.333. The summed E-state index contributed by atoms with van der Waals surface area (Å²) in [6.07, 6.45) is 3.19. The van der Waals surface area contributed by atoms with Crippen LogP contribution >= 0.6 is 11.8 Å². The molecule has 0 bridgehead atoms. The van der Waals surface area contributed by atoms with Crippen molar-refractivity contribution in [1.82, 2.24) is 9.97 Å². The van der Waals surface area contributed by atoms with Crippen molar-refractivity contribution in [2.75, 3.05) is 11.5 Å². The second-order valence-corrected chi connectivity index (χ2v) is 6.01. The Morgan fingerprint density at radius 3 is 2.68 bits per heavy atom. The molecule has 0 fully saturated rings. The van der Waals surface area contributed by atoms with Crippen molar-refractivity contribution < 1.29 is 0 Å². The summed E-state index contributed by atoms with van der Waals surface area (Å²) >= 11 is 1.84. The van der Waals surface area contributed by atoms with Gasteiger partial charge in [0.2, 0.25) is 0 Å². The van der Waals surface area contributed by atoms with E-state index in [4.69, 9.17) is 5.73 Å². The van der Waals surface area contributed by atoms with E-state index >= 15 is 0 Å². The second kappa shape index (κ2) is 5.21. The molecule has 0 spiro atoms. The van der Waals surface area contributed by atoms with Crippen molar-refractivity contribution in [3.05, 3.63) is 35.5 Å². The van der Waals surface area contributed by atoms with E-state index in [1.807, 2.05) is 11.8 Å². The van der Waals surface area contributed by atoms with Gasteiger partial charge in [-0.05, 0) is 37.1 Å². The highest BCUT2D eigenvalue weighted by Crippen LogP contribution is 2.28. The van der Waals surface area contributed by atoms with Gasteiger partial charge in [-0.15, -0.1) is 11.8 Å². The minimum Gasteiger partial charge on any atom is -0.383 e. The summed E-state index contributed by atoms with van der Waals surface area (Å²) in [6, 6.07) is 8.40. The molecule has 1 aliphatic carbocycles. The number of hydrogen-bond donors (Lipinski definition) is 1. The van der Waals surface area contributed by atoms with E-state index in [1.54, 1.807) is 0 Å². The zero-order valence-corrected chi connectivity index (χ0v) is 11.8. The maximum atomic E-state index is 6.03. The molecule has 0 saturated heterocycles. The highest BCUT2D eigenvalue weighted by molar-refractivity contribution is 7.99. The lowest BCUT2D eigenvalue weighted by molar-refractivity contribution is 0.900. The van der Waals surface area contributed by atoms with Crippen molar-refractivity contribution in [3.8, 4) is 11.4 Å². The van der Waals surface area contributed by atoms with Crippen LogP contribution in [0.4, 0.5) is 5.82 Å². The second-order valence-electron chi connectivity index (χ2n) is 4.67. The SMILES string of the molecule is CCSc1ccc(-c2nc(N)c3c(n2)CCC3)cc1. The van der Waals surface area contributed by atoms with Crippen molar-refractivity contribution in [1.29, 1.82) is 0 Å². The predicted molar refractivity (Wildman–Crippen MR) is 80.3 cm³/mol. The Balaban J connectivity index is 1.96. The number of benzene rings is 1. The van der Waals surface area contributed by atoms with Crippen LogP contribution in [0, 0.1) is 0 Å². The largest absolute Gasteiger partial charge is 0.383 e. The van der Waals surface area contributed by atoms with E-state index < -0.39 is 0 Å². The normalized spacial score (nSPS) is 13.5. The Bertz CT molecular complexity index is 593. The monoisotopic (exact) mass is 271 g/mol. The van der Waals surface area contributed by atoms with Gasteiger partial charge < -0.3 is 5.73 Å². The van der Waals surface area contributed by atoms with Gasteiger partial charge >= 0.3 is 0 Å². The highest BCUT2D eigenvalue weighted by atomic mass is 32.2. The fourth-order valence-electron chi connectivity index (χ4n) is 2.46. The number of nitrogen functional groups attached to an aromatic ring is 1. The summed E-state index contributed by atoms with van der Waals surface area (Å²) in [5, 5.41) is 0. The van der Waals surface area contributed by atoms with Gasteiger partial charge in [-0.25, -0.2) is 9.97 Å². The first-order valence-electron chi connectivity index (χ1n) is 6.66. The molecule has 0 aliphatic heterocycles. The van der Waals surface area contributed by atoms with Crippen LogP contribution in [0.3, 0.4) is 0 Å². The number of aryl methyl sites for hydroxylation is 1. The quantitative estimate of drug-likeness (QED) is 0.870. The Labute approximate surface area is 117 Å². The van der Waals surface area contributed by atoms with E-state index in [9.17, 15) is 0 Å². The van der Waals surface area contributed by atoms with Crippen LogP contribution < -0.4 is 5.73 Å². The summed E-state index contributed by atoms with van der Waals surface area (Å²) in [7, 11) is 0. The summed E-state index contributed by atoms with van der Waals surface area (Å²) < 4.78 is 0. The van der Waals surface area contributed by atoms with Crippen LogP contribution in [0.1, 0.15) is 24.6 Å². The van der Waals surface area contributed by atoms with Crippen LogP contribution in [0.25, 0.3) is 11.4 Å². The lowest BCUT2D eigenvalue weighted by atomic mass is 10.2. The number of nitrogens with two attached hydrogens (primary N) is 1. The van der Waals surface area contributed by atoms with Crippen LogP contribution in [-0.4, -0.2) is 15.7 Å². The molecule has 3 rings (SSSR count). The van der Waals surface area contributed by atoms with Gasteiger partial charge in [0.15, 0.2) is 5.82 Å². The lowest BCUT2D eigenvalue weighted by Crippen LogP contribution is -2.02. The van der Waals surface area contributed by atoms with E-state index in [0.717, 1.165) is 47.7 Å². The van der Waals surface area contributed by atoms with Gasteiger partial charge in [-0.1, -0.05) is 19.1 Å². The topological polar surface area (TPSA) is 51.8 Å². The molecule has 1 aromatic heterocycles. The van der Waals surface area contributed by atoms with Gasteiger partial charge in [-0.3, -0.25) is 0 Å². The molecular formula is C15H17N3S. The van der Waals surface area contributed by atoms with Crippen molar-refractivity contribution in [2.45, 2.75) is 31.1 Å². The summed E-state index contributed by atoms with van der Waals surface area (Å²) in [5.41, 5.74) is 9.36. The Morgan fingerprint density at radius 2 is 1.95 bits per heavy atom. The Kier molecular flexibility index (Phi) is 3.42. The molecule has 0 radical (unpaired) electrons. The van der Waals surface area contributed by atoms with Crippen molar-refractivity contribution >= 4 is 17.6 Å². The lowest BCUT2D eigenvalue weighted by Gasteiger charge is -2.07. The predicted octanol–water partition coefficient (Wildman–Crippen LogP) is 3.33. The molecule has 1 heterocycles. The number of thioether (sulfide) groups is 1. The maximum absolute atomic E-state index is 6.03. The zero-order valence-electron chi connectivity index (χ0n) is 11.0. The molecule has 0 saturated carbocycles. The Hall–Kier alpha value is -1.55. The van der Waals surface area contributed by atoms with Gasteiger partial charge in [0, 0.05) is 21.7 Å². The number of aromatic nitrogens is 2. The molecule has 2 N–H and O–H groups in total. The smallest absolute Gasteiger partial charge is 0.161 e. The number of anilines is 1. The number of nitrogens with zero attached hydrogens (tertiary/aromatic N) is 2. The zero-order chi connectivity index (χ0) is 13.2. The molecule has 1 aliphatic rings. The minimum absolute atomic E-state index is 0.657. The molecule has 2 aromatic rings. The third-order valence-corrected chi connectivity index (χ3v) is 4.28. The van der Waals surface area contributed by atoms with Gasteiger partial charge in [0.05, 0.1) is 0 Å². The molecule has 0 unspecified atom stereocenters. The molecule has 0 amide bonds. The maximum Gasteiger partial charge on any atom is 0.161 e. The minimum atomic E-state index is 0.657. The molecule has 0 atom stereocenters. The summed E-state index contributed by atoms with van der Waals surface area (Å²) in [6.45, 7) is 2.16. The fourth-order valence-corrected chi connectivity index (χ4v) is 3.12. The number of rotatable bonds is 3. The van der Waals surface area contributed by atoms with Crippen LogP contribution in [0.2, 0.25) is 0 Å². The molecule has 3 nitrogen and oxygen atoms in total. The van der Waals surface area contributed by atoms with E-state index in [-0.39, 0.29) is 0 Å². The van der Waals surface area contributed by atoms with Crippen LogP contribution in [-0.2, 0) is 12.8 Å². The van der Waals surface area contributed by atoms with Gasteiger partial charge in [0.1, 0.15) is 5.82 Å². The summed E-state index contributed by atoms with van der Waals surface area (Å²) in [4.78, 5) is 10.4. The molecule has 19 heavy (non-hydrogen) atoms. The first-order valence-corrected chi connectivity index (χ1v) is 7.65. The van der Waals surface area contributed by atoms with Crippen LogP contribution in [0.15, 0.2) is 29.2 Å². The third-order valence-electron chi connectivity index (χ3n) is 3.39. The van der Waals surface area contributed by atoms with Crippen molar-refractivity contribution in [2.24, 2.45) is 0 Å². The average Bonchev–Trinajstić information content (AvgIpc) is 2.89. The first-order chi connectivity index (χ1) is 9.28. The first kappa shape index (κ1) is 12.5. The third kappa shape index (κ3) is 2.45. The van der Waals surface area contributed by atoms with E-state index in [2.05, 4.69) is 41.2 Å². The van der Waals surface area contributed by atoms with Crippen molar-refractivity contribution in [3.63, 3.8) is 0 Å². The van der Waals surface area contributed by atoms with E-state index in [0.29, 0.717) is 5.82 Å². The van der Waals surface area contributed by atoms with Gasteiger partial charge in [0.25, 0.3) is 0 Å². The Morgan fingerprint density at radius 1 is 1.16 bits per heavy atom. The summed E-state index contributed by atoms with van der Waals surface area (Å²) in [5.74, 6) is 2.50.